The highest BCUT2D eigenvalue weighted by atomic mass is 79.9. The zero-order valence-corrected chi connectivity index (χ0v) is 14.3. The summed E-state index contributed by atoms with van der Waals surface area (Å²) in [5.41, 5.74) is 1.18. The molecule has 0 spiro atoms. The molecule has 2 saturated heterocycles. The molecule has 2 nitrogen and oxygen atoms in total. The molecule has 2 bridgehead atoms. The van der Waals surface area contributed by atoms with E-state index in [0.717, 1.165) is 40.6 Å². The lowest BCUT2D eigenvalue weighted by atomic mass is 9.91. The largest absolute Gasteiger partial charge is 0.312 e. The SMILES string of the molecule is CN1C2CCC1CC(CNCc1cc(Br)ccc1Cl)C2. The van der Waals surface area contributed by atoms with Crippen molar-refractivity contribution in [3.8, 4) is 0 Å². The fourth-order valence-electron chi connectivity index (χ4n) is 3.78. The van der Waals surface area contributed by atoms with E-state index < -0.39 is 0 Å². The zero-order valence-electron chi connectivity index (χ0n) is 11.9. The zero-order chi connectivity index (χ0) is 14.1. The van der Waals surface area contributed by atoms with Gasteiger partial charge in [-0.2, -0.15) is 0 Å². The second kappa shape index (κ2) is 6.35. The normalized spacial score (nSPS) is 29.9. The maximum absolute atomic E-state index is 6.23. The highest BCUT2D eigenvalue weighted by Crippen LogP contribution is 2.37. The second-order valence-electron chi connectivity index (χ2n) is 6.25. The van der Waals surface area contributed by atoms with E-state index in [1.165, 1.54) is 31.2 Å². The molecule has 1 N–H and O–H groups in total. The lowest BCUT2D eigenvalue weighted by Gasteiger charge is -2.36. The van der Waals surface area contributed by atoms with E-state index in [-0.39, 0.29) is 0 Å². The van der Waals surface area contributed by atoms with Crippen molar-refractivity contribution in [2.24, 2.45) is 5.92 Å². The van der Waals surface area contributed by atoms with Gasteiger partial charge in [0.2, 0.25) is 0 Å². The third kappa shape index (κ3) is 3.22. The van der Waals surface area contributed by atoms with Gasteiger partial charge in [0.1, 0.15) is 0 Å². The molecule has 2 aliphatic heterocycles. The van der Waals surface area contributed by atoms with Crippen LogP contribution in [-0.4, -0.2) is 30.6 Å². The Bertz CT molecular complexity index is 466. The van der Waals surface area contributed by atoms with Gasteiger partial charge in [-0.25, -0.2) is 0 Å². The summed E-state index contributed by atoms with van der Waals surface area (Å²) < 4.78 is 1.09. The highest BCUT2D eigenvalue weighted by molar-refractivity contribution is 9.10. The minimum absolute atomic E-state index is 0.828. The van der Waals surface area contributed by atoms with Crippen molar-refractivity contribution in [1.82, 2.24) is 10.2 Å². The first-order valence-corrected chi connectivity index (χ1v) is 8.67. The molecule has 20 heavy (non-hydrogen) atoms. The van der Waals surface area contributed by atoms with Crippen LogP contribution in [-0.2, 0) is 6.54 Å². The van der Waals surface area contributed by atoms with Gasteiger partial charge in [0.15, 0.2) is 0 Å². The summed E-state index contributed by atoms with van der Waals surface area (Å²) in [6.45, 7) is 1.98. The molecular weight excluding hydrogens is 336 g/mol. The third-order valence-electron chi connectivity index (χ3n) is 4.95. The Kier molecular flexibility index (Phi) is 4.71. The molecule has 0 aliphatic carbocycles. The number of rotatable bonds is 4. The topological polar surface area (TPSA) is 15.3 Å². The van der Waals surface area contributed by atoms with E-state index in [1.807, 2.05) is 12.1 Å². The Morgan fingerprint density at radius 1 is 1.30 bits per heavy atom. The smallest absolute Gasteiger partial charge is 0.0451 e. The Morgan fingerprint density at radius 2 is 2.00 bits per heavy atom. The van der Waals surface area contributed by atoms with E-state index in [9.17, 15) is 0 Å². The van der Waals surface area contributed by atoms with Crippen LogP contribution in [0.4, 0.5) is 0 Å². The summed E-state index contributed by atoms with van der Waals surface area (Å²) in [6, 6.07) is 7.71. The molecule has 110 valence electrons. The molecule has 1 aromatic rings. The minimum atomic E-state index is 0.828. The maximum Gasteiger partial charge on any atom is 0.0451 e. The van der Waals surface area contributed by atoms with Crippen molar-refractivity contribution in [3.05, 3.63) is 33.3 Å². The van der Waals surface area contributed by atoms with Crippen LogP contribution in [0.5, 0.6) is 0 Å². The first-order chi connectivity index (χ1) is 9.63. The Morgan fingerprint density at radius 3 is 2.70 bits per heavy atom. The minimum Gasteiger partial charge on any atom is -0.312 e. The molecule has 1 aromatic carbocycles. The third-order valence-corrected chi connectivity index (χ3v) is 5.81. The number of nitrogens with zero attached hydrogens (tertiary/aromatic N) is 1. The van der Waals surface area contributed by atoms with E-state index in [2.05, 4.69) is 39.3 Å². The van der Waals surface area contributed by atoms with Crippen LogP contribution >= 0.6 is 27.5 Å². The lowest BCUT2D eigenvalue weighted by Crippen LogP contribution is -2.42. The molecule has 0 aromatic heterocycles. The van der Waals surface area contributed by atoms with Gasteiger partial charge in [0, 0.05) is 28.1 Å². The molecule has 0 amide bonds. The number of fused-ring (bicyclic) bond motifs is 2. The van der Waals surface area contributed by atoms with E-state index in [1.54, 1.807) is 0 Å². The van der Waals surface area contributed by atoms with Crippen LogP contribution in [0.25, 0.3) is 0 Å². The molecule has 0 saturated carbocycles. The number of piperidine rings is 1. The average Bonchev–Trinajstić information content (AvgIpc) is 2.65. The molecular formula is C16H22BrClN2. The quantitative estimate of drug-likeness (QED) is 0.874. The van der Waals surface area contributed by atoms with Gasteiger partial charge in [-0.05, 0) is 69.0 Å². The van der Waals surface area contributed by atoms with Crippen molar-refractivity contribution in [3.63, 3.8) is 0 Å². The van der Waals surface area contributed by atoms with Crippen molar-refractivity contribution in [2.75, 3.05) is 13.6 Å². The standard InChI is InChI=1S/C16H22BrClN2/c1-20-14-3-4-15(20)7-11(6-14)9-19-10-12-8-13(17)2-5-16(12)18/h2,5,8,11,14-15,19H,3-4,6-7,9-10H2,1H3. The van der Waals surface area contributed by atoms with Gasteiger partial charge < -0.3 is 10.2 Å². The summed E-state index contributed by atoms with van der Waals surface area (Å²) in [5, 5.41) is 4.45. The summed E-state index contributed by atoms with van der Waals surface area (Å²) in [4.78, 5) is 2.60. The number of nitrogens with one attached hydrogen (secondary N) is 1. The highest BCUT2D eigenvalue weighted by Gasteiger charge is 2.37. The maximum atomic E-state index is 6.23. The van der Waals surface area contributed by atoms with Crippen molar-refractivity contribution in [2.45, 2.75) is 44.3 Å². The van der Waals surface area contributed by atoms with E-state index in [4.69, 9.17) is 11.6 Å². The molecule has 2 unspecified atom stereocenters. The van der Waals surface area contributed by atoms with Gasteiger partial charge in [0.05, 0.1) is 0 Å². The van der Waals surface area contributed by atoms with Gasteiger partial charge in [-0.3, -0.25) is 0 Å². The Labute approximate surface area is 135 Å². The van der Waals surface area contributed by atoms with Crippen molar-refractivity contribution < 1.29 is 0 Å². The fraction of sp³-hybridized carbons (Fsp3) is 0.625. The molecule has 0 radical (unpaired) electrons. The summed E-state index contributed by atoms with van der Waals surface area (Å²) >= 11 is 9.73. The first kappa shape index (κ1) is 14.8. The molecule has 3 rings (SSSR count). The van der Waals surface area contributed by atoms with E-state index in [0.29, 0.717) is 0 Å². The molecule has 2 heterocycles. The van der Waals surface area contributed by atoms with Crippen molar-refractivity contribution in [1.29, 1.82) is 0 Å². The van der Waals surface area contributed by atoms with Crippen LogP contribution in [0.2, 0.25) is 5.02 Å². The van der Waals surface area contributed by atoms with Gasteiger partial charge in [-0.1, -0.05) is 27.5 Å². The number of benzene rings is 1. The van der Waals surface area contributed by atoms with Crippen molar-refractivity contribution >= 4 is 27.5 Å². The Hall–Kier alpha value is -0.0900. The average molecular weight is 358 g/mol. The number of hydrogen-bond donors (Lipinski definition) is 1. The Balaban J connectivity index is 1.50. The van der Waals surface area contributed by atoms with Gasteiger partial charge in [-0.15, -0.1) is 0 Å². The van der Waals surface area contributed by atoms with Crippen LogP contribution in [0, 0.1) is 5.92 Å². The fourth-order valence-corrected chi connectivity index (χ4v) is 4.37. The second-order valence-corrected chi connectivity index (χ2v) is 7.58. The van der Waals surface area contributed by atoms with Crippen LogP contribution in [0.3, 0.4) is 0 Å². The summed E-state index contributed by atoms with van der Waals surface area (Å²) in [7, 11) is 2.30. The number of hydrogen-bond acceptors (Lipinski definition) is 2. The van der Waals surface area contributed by atoms with Gasteiger partial charge in [0.25, 0.3) is 0 Å². The monoisotopic (exact) mass is 356 g/mol. The molecule has 4 heteroatoms. The lowest BCUT2D eigenvalue weighted by molar-refractivity contribution is 0.133. The predicted octanol–water partition coefficient (Wildman–Crippen LogP) is 4.06. The van der Waals surface area contributed by atoms with Crippen LogP contribution in [0.1, 0.15) is 31.2 Å². The van der Waals surface area contributed by atoms with E-state index >= 15 is 0 Å². The van der Waals surface area contributed by atoms with Gasteiger partial charge >= 0.3 is 0 Å². The molecule has 2 aliphatic rings. The van der Waals surface area contributed by atoms with Crippen LogP contribution < -0.4 is 5.32 Å². The summed E-state index contributed by atoms with van der Waals surface area (Å²) in [5.74, 6) is 0.828. The summed E-state index contributed by atoms with van der Waals surface area (Å²) in [6.07, 6.45) is 5.50. The van der Waals surface area contributed by atoms with Crippen LogP contribution in [0.15, 0.2) is 22.7 Å². The number of halogens is 2. The predicted molar refractivity (Wildman–Crippen MR) is 88.2 cm³/mol. The molecule has 2 atom stereocenters. The first-order valence-electron chi connectivity index (χ1n) is 7.50. The molecule has 2 fully saturated rings.